The second-order valence-electron chi connectivity index (χ2n) is 11.7. The highest BCUT2D eigenvalue weighted by atomic mass is 31.2. The van der Waals surface area contributed by atoms with Crippen LogP contribution in [0.4, 0.5) is 0 Å². The second-order valence-corrected chi connectivity index (χ2v) is 18.9. The van der Waals surface area contributed by atoms with Crippen LogP contribution in [0.2, 0.25) is 0 Å². The van der Waals surface area contributed by atoms with Crippen molar-refractivity contribution in [2.45, 2.75) is 48.3 Å². The molecule has 206 valence electrons. The number of benzene rings is 4. The number of hydrogen-bond acceptors (Lipinski definition) is 2. The Balaban J connectivity index is 1.58. The summed E-state index contributed by atoms with van der Waals surface area (Å²) in [5, 5.41) is 2.44. The van der Waals surface area contributed by atoms with Gasteiger partial charge in [0.1, 0.15) is 0 Å². The van der Waals surface area contributed by atoms with Crippen LogP contribution in [0.3, 0.4) is 0 Å². The molecule has 2 saturated heterocycles. The summed E-state index contributed by atoms with van der Waals surface area (Å²) in [5.41, 5.74) is 7.40. The molecule has 4 atom stereocenters. The van der Waals surface area contributed by atoms with Crippen molar-refractivity contribution in [2.75, 3.05) is 14.1 Å². The third kappa shape index (κ3) is 4.68. The molecule has 0 unspecified atom stereocenters. The summed E-state index contributed by atoms with van der Waals surface area (Å²) < 4.78 is 2.88. The van der Waals surface area contributed by atoms with Gasteiger partial charge in [-0.25, -0.2) is 0 Å². The van der Waals surface area contributed by atoms with Gasteiger partial charge < -0.3 is 0 Å². The van der Waals surface area contributed by atoms with E-state index in [0.717, 1.165) is 25.7 Å². The van der Waals surface area contributed by atoms with Crippen LogP contribution < -0.4 is 0 Å². The number of rotatable bonds is 7. The zero-order valence-electron chi connectivity index (χ0n) is 23.9. The summed E-state index contributed by atoms with van der Waals surface area (Å²) in [6, 6.07) is 45.0. The highest BCUT2D eigenvalue weighted by Gasteiger charge is 2.66. The van der Waals surface area contributed by atoms with Crippen LogP contribution in [0.15, 0.2) is 121 Å². The van der Waals surface area contributed by atoms with Gasteiger partial charge in [-0.3, -0.25) is 0 Å². The fourth-order valence-electron chi connectivity index (χ4n) is 7.83. The highest BCUT2D eigenvalue weighted by Crippen LogP contribution is 2.98. The molecule has 4 aromatic carbocycles. The lowest BCUT2D eigenvalue weighted by Gasteiger charge is -2.55. The minimum atomic E-state index is -2.08. The third-order valence-electron chi connectivity index (χ3n) is 9.35. The largest absolute Gasteiger partial charge is 0.190 e. The van der Waals surface area contributed by atoms with E-state index in [1.165, 1.54) is 22.3 Å². The lowest BCUT2D eigenvalue weighted by molar-refractivity contribution is 0.230. The molecule has 0 N–H and O–H groups in total. The first kappa shape index (κ1) is 27.8. The van der Waals surface area contributed by atoms with Crippen molar-refractivity contribution in [1.82, 2.24) is 9.56 Å². The lowest BCUT2D eigenvalue weighted by Crippen LogP contribution is -2.38. The first-order valence-corrected chi connectivity index (χ1v) is 18.7. The first-order chi connectivity index (χ1) is 19.5. The molecule has 4 heteroatoms. The SMILES string of the molecule is [CH2-][P+]1(N(N(C)C)[P+]2([CH2-])[C@H](c3ccccc3)CC[C@H]2c2ccccc2)[C@H](c2ccccc2)CC[C@H]1c1ccccc1. The summed E-state index contributed by atoms with van der Waals surface area (Å²) in [5.74, 6) is 0. The van der Waals surface area contributed by atoms with Crippen LogP contribution in [-0.4, -0.2) is 23.7 Å². The van der Waals surface area contributed by atoms with Crippen molar-refractivity contribution in [3.05, 3.63) is 157 Å². The summed E-state index contributed by atoms with van der Waals surface area (Å²) in [6.45, 7) is 10.9. The Morgan fingerprint density at radius 3 is 0.875 bits per heavy atom. The molecule has 0 aliphatic carbocycles. The van der Waals surface area contributed by atoms with E-state index in [0.29, 0.717) is 22.6 Å². The molecule has 4 aromatic rings. The third-order valence-corrected chi connectivity index (χ3v) is 19.9. The molecule has 2 nitrogen and oxygen atoms in total. The quantitative estimate of drug-likeness (QED) is 0.125. The van der Waals surface area contributed by atoms with Gasteiger partial charge in [-0.1, -0.05) is 126 Å². The van der Waals surface area contributed by atoms with Crippen LogP contribution in [0.1, 0.15) is 70.6 Å². The molecule has 6 rings (SSSR count). The van der Waals surface area contributed by atoms with E-state index >= 15 is 0 Å². The molecule has 0 amide bonds. The number of hydrazine groups is 1. The molecule has 2 fully saturated rings. The Kier molecular flexibility index (Phi) is 8.00. The van der Waals surface area contributed by atoms with Crippen molar-refractivity contribution in [3.63, 3.8) is 0 Å². The molecular weight excluding hydrogens is 522 g/mol. The molecule has 0 saturated carbocycles. The van der Waals surface area contributed by atoms with Crippen molar-refractivity contribution in [2.24, 2.45) is 0 Å². The average molecular weight is 565 g/mol. The maximum absolute atomic E-state index is 5.44. The van der Waals surface area contributed by atoms with Gasteiger partial charge in [-0.05, 0) is 47.9 Å². The Morgan fingerprint density at radius 2 is 0.675 bits per heavy atom. The van der Waals surface area contributed by atoms with E-state index in [1.807, 2.05) is 0 Å². The van der Waals surface area contributed by atoms with Crippen molar-refractivity contribution >= 4 is 14.8 Å². The van der Waals surface area contributed by atoms with Gasteiger partial charge in [-0.15, -0.1) is 0 Å². The smallest absolute Gasteiger partial charge is 0.0891 e. The monoisotopic (exact) mass is 564 g/mol. The van der Waals surface area contributed by atoms with Gasteiger partial charge >= 0.3 is 0 Å². The standard InChI is InChI=1S/C36H42N2P2/c1-37(2)38(39(3)33(29-17-9-5-10-18-29)25-26-34(39)30-19-11-6-12-20-30)40(4)35(31-21-13-7-14-22-31)27-28-36(40)32-23-15-8-16-24-32/h5-24,33-36H,3-4,25-28H2,1-2H3/t33-,34-,35-,36-/m0/s1. The summed E-state index contributed by atoms with van der Waals surface area (Å²) in [7, 11) is 0.368. The second kappa shape index (κ2) is 11.5. The first-order valence-electron chi connectivity index (χ1n) is 14.6. The number of hydrogen-bond donors (Lipinski definition) is 0. The summed E-state index contributed by atoms with van der Waals surface area (Å²) in [4.78, 5) is 0. The minimum Gasteiger partial charge on any atom is -0.190 e. The topological polar surface area (TPSA) is 6.48 Å². The van der Waals surface area contributed by atoms with E-state index in [9.17, 15) is 0 Å². The Labute approximate surface area is 243 Å². The van der Waals surface area contributed by atoms with E-state index in [4.69, 9.17) is 13.3 Å². The molecule has 0 spiro atoms. The zero-order valence-corrected chi connectivity index (χ0v) is 25.7. The van der Waals surface area contributed by atoms with Crippen molar-refractivity contribution in [3.8, 4) is 0 Å². The predicted octanol–water partition coefficient (Wildman–Crippen LogP) is 10.8. The fraction of sp³-hybridized carbons (Fsp3) is 0.278. The Bertz CT molecular complexity index is 1180. The van der Waals surface area contributed by atoms with Gasteiger partial charge in [0.15, 0.2) is 0 Å². The summed E-state index contributed by atoms with van der Waals surface area (Å²) in [6.07, 6.45) is 4.66. The van der Waals surface area contributed by atoms with Crippen LogP contribution in [0.25, 0.3) is 0 Å². The maximum atomic E-state index is 5.44. The Hall–Kier alpha value is -2.34. The number of nitrogens with zero attached hydrogens (tertiary/aromatic N) is 2. The Morgan fingerprint density at radius 1 is 0.450 bits per heavy atom. The molecule has 0 bridgehead atoms. The maximum Gasteiger partial charge on any atom is 0.0891 e. The highest BCUT2D eigenvalue weighted by molar-refractivity contribution is 7.89. The normalized spacial score (nSPS) is 25.4. The molecule has 2 aliphatic rings. The average Bonchev–Trinajstić information content (AvgIpc) is 3.51. The van der Waals surface area contributed by atoms with Crippen molar-refractivity contribution in [1.29, 1.82) is 0 Å². The van der Waals surface area contributed by atoms with Crippen LogP contribution in [-0.2, 0) is 0 Å². The van der Waals surface area contributed by atoms with Gasteiger partial charge in [0.2, 0.25) is 0 Å². The van der Waals surface area contributed by atoms with E-state index in [2.05, 4.69) is 145 Å². The molecular formula is C36H42N2P2. The molecule has 0 aromatic heterocycles. The van der Waals surface area contributed by atoms with Gasteiger partial charge in [0, 0.05) is 28.9 Å². The molecule has 0 radical (unpaired) electrons. The van der Waals surface area contributed by atoms with E-state index < -0.39 is 14.8 Å². The lowest BCUT2D eigenvalue weighted by atomic mass is 10.0. The zero-order chi connectivity index (χ0) is 27.7. The van der Waals surface area contributed by atoms with Gasteiger partial charge in [-0.2, -0.15) is 18.3 Å². The fourth-order valence-corrected chi connectivity index (χ4v) is 20.1. The van der Waals surface area contributed by atoms with Crippen molar-refractivity contribution < 1.29 is 0 Å². The van der Waals surface area contributed by atoms with Gasteiger partial charge in [0.05, 0.1) is 22.6 Å². The molecule has 40 heavy (non-hydrogen) atoms. The van der Waals surface area contributed by atoms with E-state index in [1.54, 1.807) is 0 Å². The summed E-state index contributed by atoms with van der Waals surface area (Å²) >= 11 is 0. The molecule has 2 heterocycles. The van der Waals surface area contributed by atoms with Crippen LogP contribution in [0.5, 0.6) is 0 Å². The minimum absolute atomic E-state index is 0.411. The van der Waals surface area contributed by atoms with Gasteiger partial charge in [0.25, 0.3) is 0 Å². The predicted molar refractivity (Wildman–Crippen MR) is 175 cm³/mol. The van der Waals surface area contributed by atoms with Crippen LogP contribution in [0, 0.1) is 13.3 Å². The van der Waals surface area contributed by atoms with E-state index in [-0.39, 0.29) is 0 Å². The van der Waals surface area contributed by atoms with Crippen LogP contribution >= 0.6 is 14.8 Å². The molecule has 2 aliphatic heterocycles.